The van der Waals surface area contributed by atoms with E-state index in [1.54, 1.807) is 7.11 Å². The van der Waals surface area contributed by atoms with Gasteiger partial charge in [0.05, 0.1) is 12.8 Å². The molecule has 1 aromatic carbocycles. The zero-order valence-corrected chi connectivity index (χ0v) is 16.1. The monoisotopic (exact) mass is 385 g/mol. The van der Waals surface area contributed by atoms with Gasteiger partial charge < -0.3 is 14.2 Å². The van der Waals surface area contributed by atoms with Crippen molar-refractivity contribution in [3.05, 3.63) is 53.7 Å². The van der Waals surface area contributed by atoms with E-state index in [0.717, 1.165) is 46.7 Å². The van der Waals surface area contributed by atoms with Gasteiger partial charge in [-0.2, -0.15) is 11.8 Å². The zero-order chi connectivity index (χ0) is 17.9. The quantitative estimate of drug-likeness (QED) is 0.685. The molecule has 4 rings (SSSR count). The third-order valence-electron chi connectivity index (χ3n) is 4.30. The fraction of sp³-hybridized carbons (Fsp3) is 0.263. The average Bonchev–Trinajstić information content (AvgIpc) is 3.38. The summed E-state index contributed by atoms with van der Waals surface area (Å²) in [6, 6.07) is 11.6. The number of amides is 1. The van der Waals surface area contributed by atoms with E-state index in [1.807, 2.05) is 70.0 Å². The lowest BCUT2D eigenvalue weighted by Gasteiger charge is -2.26. The van der Waals surface area contributed by atoms with E-state index in [2.05, 4.69) is 0 Å². The second-order valence-corrected chi connectivity index (χ2v) is 8.10. The van der Waals surface area contributed by atoms with E-state index in [1.165, 1.54) is 11.3 Å². The highest BCUT2D eigenvalue weighted by molar-refractivity contribution is 7.99. The number of carbonyl (C=O) groups excluding carboxylic acids is 1. The minimum Gasteiger partial charge on any atom is -0.497 e. The van der Waals surface area contributed by atoms with Crippen LogP contribution in [0.5, 0.6) is 5.75 Å². The predicted molar refractivity (Wildman–Crippen MR) is 107 cm³/mol. The maximum absolute atomic E-state index is 13.2. The van der Waals surface area contributed by atoms with Crippen LogP contribution in [0.4, 0.5) is 0 Å². The van der Waals surface area contributed by atoms with E-state index in [4.69, 9.17) is 9.72 Å². The minimum absolute atomic E-state index is 0.0759. The Morgan fingerprint density at radius 3 is 2.46 bits per heavy atom. The summed E-state index contributed by atoms with van der Waals surface area (Å²) in [5.41, 5.74) is 1.67. The topological polar surface area (TPSA) is 47.4 Å². The summed E-state index contributed by atoms with van der Waals surface area (Å²) >= 11 is 3.34. The molecule has 1 saturated heterocycles. The van der Waals surface area contributed by atoms with Crippen LogP contribution in [0, 0.1) is 0 Å². The third kappa shape index (κ3) is 3.37. The Kier molecular flexibility index (Phi) is 4.99. The van der Waals surface area contributed by atoms with Crippen molar-refractivity contribution in [3.63, 3.8) is 0 Å². The molecule has 0 aliphatic carbocycles. The lowest BCUT2D eigenvalue weighted by Crippen LogP contribution is -2.37. The van der Waals surface area contributed by atoms with Crippen molar-refractivity contribution in [2.24, 2.45) is 0 Å². The van der Waals surface area contributed by atoms with Crippen LogP contribution in [0.2, 0.25) is 0 Å². The van der Waals surface area contributed by atoms with Gasteiger partial charge in [0.2, 0.25) is 0 Å². The van der Waals surface area contributed by atoms with E-state index < -0.39 is 0 Å². The molecule has 0 radical (unpaired) electrons. The number of hydrogen-bond donors (Lipinski definition) is 0. The van der Waals surface area contributed by atoms with Gasteiger partial charge in [0.15, 0.2) is 5.13 Å². The van der Waals surface area contributed by atoms with Gasteiger partial charge in [0.1, 0.15) is 10.6 Å². The van der Waals surface area contributed by atoms with Crippen LogP contribution in [-0.2, 0) is 0 Å². The van der Waals surface area contributed by atoms with Crippen LogP contribution in [0.25, 0.3) is 16.4 Å². The maximum Gasteiger partial charge on any atom is 0.266 e. The van der Waals surface area contributed by atoms with E-state index >= 15 is 0 Å². The smallest absolute Gasteiger partial charge is 0.266 e. The van der Waals surface area contributed by atoms with Crippen LogP contribution in [0.1, 0.15) is 9.67 Å². The number of methoxy groups -OCH3 is 1. The van der Waals surface area contributed by atoms with Gasteiger partial charge in [-0.25, -0.2) is 4.98 Å². The van der Waals surface area contributed by atoms with E-state index in [0.29, 0.717) is 4.88 Å². The molecule has 0 N–H and O–H groups in total. The highest BCUT2D eigenvalue weighted by Gasteiger charge is 2.25. The number of aromatic nitrogens is 2. The third-order valence-corrected chi connectivity index (χ3v) is 6.30. The number of hydrogen-bond acceptors (Lipinski definition) is 5. The second-order valence-electron chi connectivity index (χ2n) is 5.90. The fourth-order valence-corrected chi connectivity index (χ4v) is 4.81. The van der Waals surface area contributed by atoms with Crippen LogP contribution in [-0.4, -0.2) is 52.1 Å². The molecule has 0 saturated carbocycles. The summed E-state index contributed by atoms with van der Waals surface area (Å²) in [4.78, 5) is 20.6. The number of thiazole rings is 1. The van der Waals surface area contributed by atoms with Crippen molar-refractivity contribution >= 4 is 29.0 Å². The fourth-order valence-electron chi connectivity index (χ4n) is 2.88. The van der Waals surface area contributed by atoms with Crippen molar-refractivity contribution in [3.8, 4) is 22.1 Å². The molecule has 5 nitrogen and oxygen atoms in total. The van der Waals surface area contributed by atoms with Gasteiger partial charge in [0, 0.05) is 42.6 Å². The predicted octanol–water partition coefficient (Wildman–Crippen LogP) is 3.80. The molecular formula is C19H19N3O2S2. The Balaban J connectivity index is 1.75. The van der Waals surface area contributed by atoms with Crippen LogP contribution >= 0.6 is 23.1 Å². The molecule has 1 aliphatic rings. The first-order chi connectivity index (χ1) is 12.8. The van der Waals surface area contributed by atoms with Crippen LogP contribution in [0.15, 0.2) is 48.8 Å². The number of rotatable bonds is 4. The van der Waals surface area contributed by atoms with Crippen molar-refractivity contribution in [1.29, 1.82) is 0 Å². The summed E-state index contributed by atoms with van der Waals surface area (Å²) in [7, 11) is 1.64. The van der Waals surface area contributed by atoms with E-state index in [-0.39, 0.29) is 5.91 Å². The first kappa shape index (κ1) is 17.2. The Bertz CT molecular complexity index is 882. The molecule has 0 atom stereocenters. The lowest BCUT2D eigenvalue weighted by molar-refractivity contribution is 0.0777. The summed E-state index contributed by atoms with van der Waals surface area (Å²) < 4.78 is 7.19. The van der Waals surface area contributed by atoms with Gasteiger partial charge in [-0.1, -0.05) is 11.3 Å². The molecule has 3 aromatic rings. The molecule has 0 unspecified atom stereocenters. The summed E-state index contributed by atoms with van der Waals surface area (Å²) in [6.07, 6.45) is 3.89. The number of ether oxygens (including phenoxy) is 1. The summed E-state index contributed by atoms with van der Waals surface area (Å²) in [5.74, 6) is 2.85. The average molecular weight is 386 g/mol. The Labute approximate surface area is 160 Å². The van der Waals surface area contributed by atoms with Gasteiger partial charge >= 0.3 is 0 Å². The molecule has 1 fully saturated rings. The number of nitrogens with zero attached hydrogens (tertiary/aromatic N) is 3. The van der Waals surface area contributed by atoms with Crippen molar-refractivity contribution in [2.45, 2.75) is 0 Å². The van der Waals surface area contributed by atoms with Gasteiger partial charge in [0.25, 0.3) is 5.91 Å². The van der Waals surface area contributed by atoms with Crippen molar-refractivity contribution in [1.82, 2.24) is 14.5 Å². The highest BCUT2D eigenvalue weighted by atomic mass is 32.2. The number of benzene rings is 1. The van der Waals surface area contributed by atoms with Crippen LogP contribution in [0.3, 0.4) is 0 Å². The lowest BCUT2D eigenvalue weighted by atomic mass is 10.1. The maximum atomic E-state index is 13.2. The zero-order valence-electron chi connectivity index (χ0n) is 14.4. The highest BCUT2D eigenvalue weighted by Crippen LogP contribution is 2.32. The Morgan fingerprint density at radius 2 is 1.81 bits per heavy atom. The van der Waals surface area contributed by atoms with Gasteiger partial charge in [-0.05, 0) is 36.4 Å². The summed E-state index contributed by atoms with van der Waals surface area (Å²) in [6.45, 7) is 1.59. The Morgan fingerprint density at radius 1 is 1.12 bits per heavy atom. The largest absolute Gasteiger partial charge is 0.497 e. The molecule has 0 bridgehead atoms. The van der Waals surface area contributed by atoms with Crippen molar-refractivity contribution in [2.75, 3.05) is 31.7 Å². The second kappa shape index (κ2) is 7.55. The van der Waals surface area contributed by atoms with Crippen molar-refractivity contribution < 1.29 is 9.53 Å². The molecule has 1 amide bonds. The van der Waals surface area contributed by atoms with Gasteiger partial charge in [-0.15, -0.1) is 0 Å². The first-order valence-electron chi connectivity index (χ1n) is 8.42. The Hall–Kier alpha value is -2.25. The summed E-state index contributed by atoms with van der Waals surface area (Å²) in [5, 5.41) is 0.801. The molecule has 1 aliphatic heterocycles. The minimum atomic E-state index is 0.0759. The molecule has 134 valence electrons. The molecule has 2 aromatic heterocycles. The standard InChI is InChI=1S/C19H19N3O2S2/c1-24-15-6-4-14(5-7-15)16-17(18(23)21-10-12-25-13-11-21)26-19(20-16)22-8-2-3-9-22/h2-9H,10-13H2,1H3. The molecule has 7 heteroatoms. The van der Waals surface area contributed by atoms with Crippen LogP contribution < -0.4 is 4.74 Å². The molecular weight excluding hydrogens is 366 g/mol. The number of carbonyl (C=O) groups is 1. The molecule has 3 heterocycles. The molecule has 26 heavy (non-hydrogen) atoms. The first-order valence-corrected chi connectivity index (χ1v) is 10.4. The number of thioether (sulfide) groups is 1. The SMILES string of the molecule is COc1ccc(-c2nc(-n3cccc3)sc2C(=O)N2CCSCC2)cc1. The van der Waals surface area contributed by atoms with E-state index in [9.17, 15) is 4.79 Å². The normalized spacial score (nSPS) is 14.4. The van der Waals surface area contributed by atoms with Gasteiger partial charge in [-0.3, -0.25) is 4.79 Å². The molecule has 0 spiro atoms.